The second-order valence-electron chi connectivity index (χ2n) is 6.57. The number of urea groups is 1. The number of aromatic nitrogens is 1. The van der Waals surface area contributed by atoms with E-state index in [1.807, 2.05) is 48.5 Å². The van der Waals surface area contributed by atoms with Gasteiger partial charge in [0.05, 0.1) is 11.4 Å². The first-order chi connectivity index (χ1) is 14.2. The number of halogens is 1. The van der Waals surface area contributed by atoms with Crippen LogP contribution in [0.1, 0.15) is 0 Å². The van der Waals surface area contributed by atoms with Crippen molar-refractivity contribution in [2.75, 3.05) is 17.4 Å². The summed E-state index contributed by atoms with van der Waals surface area (Å²) in [4.78, 5) is 16.1. The number of fused-ring (bicyclic) bond motifs is 2. The molecule has 0 fully saturated rings. The van der Waals surface area contributed by atoms with Gasteiger partial charge in [-0.05, 0) is 30.3 Å². The predicted molar refractivity (Wildman–Crippen MR) is 114 cm³/mol. The van der Waals surface area contributed by atoms with E-state index in [0.29, 0.717) is 27.9 Å². The summed E-state index contributed by atoms with van der Waals surface area (Å²) >= 11 is 6.02. The minimum atomic E-state index is -0.358. The molecular weight excluding hydrogens is 390 g/mol. The standard InChI is InChI=1S/C22H16ClN3O3/c23-14-7-5-13(6-8-14)20-21(16-3-1-2-4-17(16)25-20)26-22(27)24-15-9-10-18-19(11-15)29-12-28-18/h1-11,25H,12H2,(H2,24,26,27). The number of ether oxygens (including phenoxy) is 2. The number of hydrogen-bond donors (Lipinski definition) is 3. The number of benzene rings is 3. The first-order valence-electron chi connectivity index (χ1n) is 9.02. The molecule has 4 aromatic rings. The Kier molecular flexibility index (Phi) is 4.26. The van der Waals surface area contributed by atoms with E-state index in [-0.39, 0.29) is 12.8 Å². The number of hydrogen-bond acceptors (Lipinski definition) is 3. The van der Waals surface area contributed by atoms with Crippen LogP contribution in [0, 0.1) is 0 Å². The third-order valence-corrected chi connectivity index (χ3v) is 4.96. The first kappa shape index (κ1) is 17.5. The van der Waals surface area contributed by atoms with E-state index in [1.165, 1.54) is 0 Å². The van der Waals surface area contributed by atoms with Crippen LogP contribution in [0.3, 0.4) is 0 Å². The quantitative estimate of drug-likeness (QED) is 0.399. The molecule has 0 atom stereocenters. The molecule has 1 aromatic heterocycles. The van der Waals surface area contributed by atoms with Crippen LogP contribution in [0.15, 0.2) is 66.7 Å². The maximum atomic E-state index is 12.7. The topological polar surface area (TPSA) is 75.4 Å². The van der Waals surface area contributed by atoms with E-state index in [0.717, 1.165) is 22.2 Å². The number of nitrogens with one attached hydrogen (secondary N) is 3. The number of carbonyl (C=O) groups excluding carboxylic acids is 1. The van der Waals surface area contributed by atoms with Crippen molar-refractivity contribution in [2.24, 2.45) is 0 Å². The zero-order chi connectivity index (χ0) is 19.8. The minimum absolute atomic E-state index is 0.185. The van der Waals surface area contributed by atoms with Gasteiger partial charge in [-0.1, -0.05) is 41.9 Å². The van der Waals surface area contributed by atoms with Gasteiger partial charge in [0.25, 0.3) is 0 Å². The number of aromatic amines is 1. The second-order valence-corrected chi connectivity index (χ2v) is 7.01. The largest absolute Gasteiger partial charge is 0.454 e. The number of rotatable bonds is 3. The molecule has 29 heavy (non-hydrogen) atoms. The lowest BCUT2D eigenvalue weighted by atomic mass is 10.1. The third-order valence-electron chi connectivity index (χ3n) is 4.71. The van der Waals surface area contributed by atoms with Gasteiger partial charge in [-0.25, -0.2) is 4.79 Å². The molecule has 5 rings (SSSR count). The van der Waals surface area contributed by atoms with Crippen LogP contribution < -0.4 is 20.1 Å². The van der Waals surface area contributed by atoms with Gasteiger partial charge in [-0.15, -0.1) is 0 Å². The van der Waals surface area contributed by atoms with E-state index in [4.69, 9.17) is 21.1 Å². The summed E-state index contributed by atoms with van der Waals surface area (Å²) in [7, 11) is 0. The summed E-state index contributed by atoms with van der Waals surface area (Å²) in [5.41, 5.74) is 3.96. The smallest absolute Gasteiger partial charge is 0.323 e. The Balaban J connectivity index is 1.46. The zero-order valence-corrected chi connectivity index (χ0v) is 15.9. The van der Waals surface area contributed by atoms with Crippen molar-refractivity contribution in [3.63, 3.8) is 0 Å². The maximum absolute atomic E-state index is 12.7. The van der Waals surface area contributed by atoms with Gasteiger partial charge in [0.15, 0.2) is 11.5 Å². The zero-order valence-electron chi connectivity index (χ0n) is 15.2. The molecule has 0 bridgehead atoms. The summed E-state index contributed by atoms with van der Waals surface area (Å²) in [6, 6.07) is 20.2. The van der Waals surface area contributed by atoms with E-state index >= 15 is 0 Å². The monoisotopic (exact) mass is 405 g/mol. The molecule has 3 N–H and O–H groups in total. The summed E-state index contributed by atoms with van der Waals surface area (Å²) < 4.78 is 10.7. The Morgan fingerprint density at radius 3 is 2.59 bits per heavy atom. The molecule has 1 aliphatic heterocycles. The molecule has 3 aromatic carbocycles. The summed E-state index contributed by atoms with van der Waals surface area (Å²) in [5.74, 6) is 1.27. The highest BCUT2D eigenvalue weighted by Gasteiger charge is 2.17. The van der Waals surface area contributed by atoms with Gasteiger partial charge in [-0.2, -0.15) is 0 Å². The van der Waals surface area contributed by atoms with E-state index in [9.17, 15) is 4.79 Å². The Bertz CT molecular complexity index is 1220. The normalized spacial score (nSPS) is 12.2. The lowest BCUT2D eigenvalue weighted by Crippen LogP contribution is -2.19. The van der Waals surface area contributed by atoms with Gasteiger partial charge < -0.3 is 25.1 Å². The molecule has 0 unspecified atom stereocenters. The highest BCUT2D eigenvalue weighted by atomic mass is 35.5. The Labute approximate surface area is 171 Å². The molecule has 0 saturated carbocycles. The summed E-state index contributed by atoms with van der Waals surface area (Å²) in [6.45, 7) is 0.185. The van der Waals surface area contributed by atoms with E-state index in [1.54, 1.807) is 18.2 Å². The van der Waals surface area contributed by atoms with Crippen LogP contribution in [-0.2, 0) is 0 Å². The molecule has 0 aliphatic carbocycles. The lowest BCUT2D eigenvalue weighted by molar-refractivity contribution is 0.174. The van der Waals surface area contributed by atoms with Crippen molar-refractivity contribution in [1.29, 1.82) is 0 Å². The van der Waals surface area contributed by atoms with Gasteiger partial charge in [0, 0.05) is 33.2 Å². The maximum Gasteiger partial charge on any atom is 0.323 e. The van der Waals surface area contributed by atoms with Gasteiger partial charge in [-0.3, -0.25) is 0 Å². The van der Waals surface area contributed by atoms with Crippen LogP contribution in [0.25, 0.3) is 22.2 Å². The molecule has 7 heteroatoms. The average molecular weight is 406 g/mol. The van der Waals surface area contributed by atoms with E-state index in [2.05, 4.69) is 15.6 Å². The van der Waals surface area contributed by atoms with Crippen LogP contribution in [-0.4, -0.2) is 17.8 Å². The minimum Gasteiger partial charge on any atom is -0.454 e. The van der Waals surface area contributed by atoms with Gasteiger partial charge >= 0.3 is 6.03 Å². The molecule has 0 saturated heterocycles. The van der Waals surface area contributed by atoms with Crippen molar-refractivity contribution < 1.29 is 14.3 Å². The van der Waals surface area contributed by atoms with E-state index < -0.39 is 0 Å². The van der Waals surface area contributed by atoms with Crippen LogP contribution in [0.4, 0.5) is 16.2 Å². The van der Waals surface area contributed by atoms with Gasteiger partial charge in [0.2, 0.25) is 6.79 Å². The van der Waals surface area contributed by atoms with Gasteiger partial charge in [0.1, 0.15) is 0 Å². The molecular formula is C22H16ClN3O3. The molecule has 6 nitrogen and oxygen atoms in total. The van der Waals surface area contributed by atoms with Crippen LogP contribution in [0.2, 0.25) is 5.02 Å². The first-order valence-corrected chi connectivity index (χ1v) is 9.39. The Morgan fingerprint density at radius 1 is 0.931 bits per heavy atom. The molecule has 1 aliphatic rings. The molecule has 0 spiro atoms. The third kappa shape index (κ3) is 3.34. The molecule has 0 radical (unpaired) electrons. The number of anilines is 2. The number of amides is 2. The van der Waals surface area contributed by atoms with Crippen LogP contribution in [0.5, 0.6) is 11.5 Å². The fraction of sp³-hybridized carbons (Fsp3) is 0.0455. The predicted octanol–water partition coefficient (Wildman–Crippen LogP) is 5.86. The van der Waals surface area contributed by atoms with Crippen molar-refractivity contribution in [2.45, 2.75) is 0 Å². The van der Waals surface area contributed by atoms with Crippen molar-refractivity contribution in [3.8, 4) is 22.8 Å². The highest BCUT2D eigenvalue weighted by Crippen LogP contribution is 2.36. The Hall–Kier alpha value is -3.64. The number of H-pyrrole nitrogens is 1. The van der Waals surface area contributed by atoms with Crippen molar-refractivity contribution >= 4 is 39.9 Å². The Morgan fingerprint density at radius 2 is 1.72 bits per heavy atom. The summed E-state index contributed by atoms with van der Waals surface area (Å²) in [6.07, 6.45) is 0. The van der Waals surface area contributed by atoms with Crippen LogP contribution >= 0.6 is 11.6 Å². The number of para-hydroxylation sites is 1. The molecule has 144 valence electrons. The second kappa shape index (κ2) is 7.07. The highest BCUT2D eigenvalue weighted by molar-refractivity contribution is 6.30. The van der Waals surface area contributed by atoms with Crippen molar-refractivity contribution in [3.05, 3.63) is 71.8 Å². The fourth-order valence-corrected chi connectivity index (χ4v) is 3.48. The van der Waals surface area contributed by atoms with Crippen molar-refractivity contribution in [1.82, 2.24) is 4.98 Å². The summed E-state index contributed by atoms with van der Waals surface area (Å²) in [5, 5.41) is 7.39. The average Bonchev–Trinajstić information content (AvgIpc) is 3.33. The fourth-order valence-electron chi connectivity index (χ4n) is 3.36. The molecule has 2 heterocycles. The number of carbonyl (C=O) groups is 1. The SMILES string of the molecule is O=C(Nc1ccc2c(c1)OCO2)Nc1c(-c2ccc(Cl)cc2)[nH]c2ccccc12. The lowest BCUT2D eigenvalue weighted by Gasteiger charge is -2.10. The molecule has 2 amide bonds.